The van der Waals surface area contributed by atoms with Gasteiger partial charge in [-0.1, -0.05) is 42.0 Å². The zero-order chi connectivity index (χ0) is 17.1. The van der Waals surface area contributed by atoms with Gasteiger partial charge in [-0.05, 0) is 38.5 Å². The molecule has 0 unspecified atom stereocenters. The van der Waals surface area contributed by atoms with Gasteiger partial charge in [-0.15, -0.1) is 11.3 Å². The summed E-state index contributed by atoms with van der Waals surface area (Å²) in [6.07, 6.45) is 4.09. The maximum atomic E-state index is 12.7. The lowest BCUT2D eigenvalue weighted by Crippen LogP contribution is -2.25. The maximum Gasteiger partial charge on any atom is 0.268 e. The van der Waals surface area contributed by atoms with Gasteiger partial charge in [0, 0.05) is 18.0 Å². The van der Waals surface area contributed by atoms with Crippen molar-refractivity contribution in [3.8, 4) is 0 Å². The van der Waals surface area contributed by atoms with E-state index in [4.69, 9.17) is 0 Å². The fourth-order valence-corrected chi connectivity index (χ4v) is 3.82. The molecule has 0 aliphatic carbocycles. The van der Waals surface area contributed by atoms with Crippen LogP contribution in [-0.4, -0.2) is 10.5 Å². The first-order valence-corrected chi connectivity index (χ1v) is 8.94. The summed E-state index contributed by atoms with van der Waals surface area (Å²) < 4.78 is 3.25. The Morgan fingerprint density at radius 2 is 2.08 bits per heavy atom. The number of fused-ring (bicyclic) bond motifs is 1. The first kappa shape index (κ1) is 16.5. The van der Waals surface area contributed by atoms with E-state index in [2.05, 4.69) is 48.0 Å². The average molecular weight is 338 g/mol. The summed E-state index contributed by atoms with van der Waals surface area (Å²) >= 11 is 1.73. The van der Waals surface area contributed by atoms with Crippen LogP contribution in [-0.2, 0) is 13.1 Å². The van der Waals surface area contributed by atoms with Crippen molar-refractivity contribution in [2.45, 2.75) is 33.9 Å². The molecule has 0 bridgehead atoms. The second kappa shape index (κ2) is 7.05. The second-order valence-electron chi connectivity index (χ2n) is 5.99. The third-order valence-corrected chi connectivity index (χ3v) is 4.99. The number of rotatable bonds is 5. The number of carbonyl (C=O) groups is 1. The molecular formula is C20H22N2OS. The molecular weight excluding hydrogens is 316 g/mol. The molecule has 24 heavy (non-hydrogen) atoms. The zero-order valence-electron chi connectivity index (χ0n) is 14.3. The minimum absolute atomic E-state index is 0.0259. The van der Waals surface area contributed by atoms with Crippen molar-refractivity contribution in [3.05, 3.63) is 70.2 Å². The highest BCUT2D eigenvalue weighted by Gasteiger charge is 2.16. The number of benzene rings is 1. The van der Waals surface area contributed by atoms with E-state index in [1.54, 1.807) is 11.3 Å². The minimum Gasteiger partial charge on any atom is -0.347 e. The highest BCUT2D eigenvalue weighted by Crippen LogP contribution is 2.28. The Hall–Kier alpha value is -2.33. The number of amides is 1. The fourth-order valence-electron chi connectivity index (χ4n) is 2.86. The van der Waals surface area contributed by atoms with Gasteiger partial charge in [-0.2, -0.15) is 0 Å². The Bertz CT molecular complexity index is 902. The van der Waals surface area contributed by atoms with E-state index in [0.717, 1.165) is 21.5 Å². The standard InChI is InChI=1S/C20H22N2OS/c1-4-5-9-22-17-11-15(3)24-19(17)12-18(22)20(23)21-13-16-8-6-7-14(2)10-16/h4-8,10-12H,9,13H2,1-3H3,(H,21,23). The maximum absolute atomic E-state index is 12.7. The molecule has 3 nitrogen and oxygen atoms in total. The van der Waals surface area contributed by atoms with E-state index in [-0.39, 0.29) is 5.91 Å². The van der Waals surface area contributed by atoms with Gasteiger partial charge in [0.1, 0.15) is 5.69 Å². The Balaban J connectivity index is 1.84. The van der Waals surface area contributed by atoms with Crippen LogP contribution in [0.4, 0.5) is 0 Å². The number of thiophene rings is 1. The van der Waals surface area contributed by atoms with Crippen molar-refractivity contribution in [1.29, 1.82) is 0 Å². The van der Waals surface area contributed by atoms with E-state index in [1.807, 2.05) is 31.2 Å². The van der Waals surface area contributed by atoms with Gasteiger partial charge in [0.25, 0.3) is 5.91 Å². The number of hydrogen-bond acceptors (Lipinski definition) is 2. The van der Waals surface area contributed by atoms with Crippen molar-refractivity contribution in [2.75, 3.05) is 0 Å². The molecule has 2 aromatic heterocycles. The third-order valence-electron chi connectivity index (χ3n) is 4.00. The van der Waals surface area contributed by atoms with Crippen LogP contribution < -0.4 is 5.32 Å². The molecule has 0 saturated heterocycles. The topological polar surface area (TPSA) is 34.0 Å². The molecule has 1 amide bonds. The highest BCUT2D eigenvalue weighted by molar-refractivity contribution is 7.19. The van der Waals surface area contributed by atoms with Crippen LogP contribution in [0.1, 0.15) is 33.4 Å². The Kier molecular flexibility index (Phi) is 4.86. The van der Waals surface area contributed by atoms with E-state index in [9.17, 15) is 4.79 Å². The van der Waals surface area contributed by atoms with Crippen LogP contribution >= 0.6 is 11.3 Å². The van der Waals surface area contributed by atoms with Crippen LogP contribution in [0.5, 0.6) is 0 Å². The molecule has 0 spiro atoms. The number of aromatic nitrogens is 1. The fraction of sp³-hybridized carbons (Fsp3) is 0.250. The molecule has 0 radical (unpaired) electrons. The summed E-state index contributed by atoms with van der Waals surface area (Å²) in [6.45, 7) is 7.41. The predicted molar refractivity (Wildman–Crippen MR) is 102 cm³/mol. The lowest BCUT2D eigenvalue weighted by Gasteiger charge is -2.09. The molecule has 0 atom stereocenters. The number of nitrogens with zero attached hydrogens (tertiary/aromatic N) is 1. The lowest BCUT2D eigenvalue weighted by atomic mass is 10.1. The molecule has 0 saturated carbocycles. The van der Waals surface area contributed by atoms with Gasteiger partial charge in [-0.25, -0.2) is 0 Å². The number of hydrogen-bond donors (Lipinski definition) is 1. The highest BCUT2D eigenvalue weighted by atomic mass is 32.1. The number of nitrogens with one attached hydrogen (secondary N) is 1. The quantitative estimate of drug-likeness (QED) is 0.665. The van der Waals surface area contributed by atoms with Crippen molar-refractivity contribution in [2.24, 2.45) is 0 Å². The normalized spacial score (nSPS) is 11.5. The second-order valence-corrected chi connectivity index (χ2v) is 7.28. The summed E-state index contributed by atoms with van der Waals surface area (Å²) in [5.74, 6) is -0.0259. The van der Waals surface area contributed by atoms with Crippen LogP contribution in [0.25, 0.3) is 10.2 Å². The number of aryl methyl sites for hydroxylation is 2. The van der Waals surface area contributed by atoms with Gasteiger partial charge in [0.15, 0.2) is 0 Å². The molecule has 0 aliphatic heterocycles. The van der Waals surface area contributed by atoms with Crippen LogP contribution in [0, 0.1) is 13.8 Å². The van der Waals surface area contributed by atoms with Crippen LogP contribution in [0.15, 0.2) is 48.6 Å². The number of carbonyl (C=O) groups excluding carboxylic acids is 1. The molecule has 4 heteroatoms. The summed E-state index contributed by atoms with van der Waals surface area (Å²) in [5, 5.41) is 3.05. The predicted octanol–water partition coefficient (Wildman–Crippen LogP) is 4.83. The molecule has 124 valence electrons. The first-order valence-electron chi connectivity index (χ1n) is 8.13. The van der Waals surface area contributed by atoms with Crippen molar-refractivity contribution >= 4 is 27.5 Å². The molecule has 1 aromatic carbocycles. The van der Waals surface area contributed by atoms with Crippen molar-refractivity contribution < 1.29 is 4.79 Å². The third kappa shape index (κ3) is 3.44. The minimum atomic E-state index is -0.0259. The molecule has 0 fully saturated rings. The molecule has 2 heterocycles. The van der Waals surface area contributed by atoms with Crippen LogP contribution in [0.3, 0.4) is 0 Å². The lowest BCUT2D eigenvalue weighted by molar-refractivity contribution is 0.0942. The summed E-state index contributed by atoms with van der Waals surface area (Å²) in [6, 6.07) is 12.4. The first-order chi connectivity index (χ1) is 11.6. The van der Waals surface area contributed by atoms with Crippen molar-refractivity contribution in [1.82, 2.24) is 9.88 Å². The Morgan fingerprint density at radius 3 is 2.83 bits per heavy atom. The van der Waals surface area contributed by atoms with Crippen LogP contribution in [0.2, 0.25) is 0 Å². The van der Waals surface area contributed by atoms with Gasteiger partial charge in [-0.3, -0.25) is 4.79 Å². The van der Waals surface area contributed by atoms with Gasteiger partial charge >= 0.3 is 0 Å². The van der Waals surface area contributed by atoms with Gasteiger partial charge in [0.05, 0.1) is 10.2 Å². The van der Waals surface area contributed by atoms with Gasteiger partial charge in [0.2, 0.25) is 0 Å². The monoisotopic (exact) mass is 338 g/mol. The molecule has 3 rings (SSSR count). The average Bonchev–Trinajstić information content (AvgIpc) is 3.07. The largest absolute Gasteiger partial charge is 0.347 e. The van der Waals surface area contributed by atoms with E-state index < -0.39 is 0 Å². The molecule has 1 N–H and O–H groups in total. The number of allylic oxidation sites excluding steroid dienone is 2. The van der Waals surface area contributed by atoms with Gasteiger partial charge < -0.3 is 9.88 Å². The summed E-state index contributed by atoms with van der Waals surface area (Å²) in [7, 11) is 0. The summed E-state index contributed by atoms with van der Waals surface area (Å²) in [5.41, 5.74) is 4.18. The van der Waals surface area contributed by atoms with E-state index in [0.29, 0.717) is 13.1 Å². The smallest absolute Gasteiger partial charge is 0.268 e. The van der Waals surface area contributed by atoms with Crippen molar-refractivity contribution in [3.63, 3.8) is 0 Å². The van der Waals surface area contributed by atoms with E-state index in [1.165, 1.54) is 10.4 Å². The summed E-state index contributed by atoms with van der Waals surface area (Å²) in [4.78, 5) is 14.0. The SMILES string of the molecule is CC=CCn1c(C(=O)NCc2cccc(C)c2)cc2sc(C)cc21. The molecule has 0 aliphatic rings. The van der Waals surface area contributed by atoms with E-state index >= 15 is 0 Å². The zero-order valence-corrected chi connectivity index (χ0v) is 15.1. The Morgan fingerprint density at radius 1 is 1.25 bits per heavy atom. The molecule has 3 aromatic rings. The Labute approximate surface area is 146 Å².